The van der Waals surface area contributed by atoms with Crippen molar-refractivity contribution in [2.75, 3.05) is 11.5 Å². The van der Waals surface area contributed by atoms with Crippen LogP contribution in [-0.4, -0.2) is 22.5 Å². The first-order valence-corrected chi connectivity index (χ1v) is 7.24. The molecule has 1 aliphatic rings. The molecular formula is C12H17ClN2S. The van der Waals surface area contributed by atoms with Gasteiger partial charge in [-0.3, -0.25) is 0 Å². The summed E-state index contributed by atoms with van der Waals surface area (Å²) < 4.78 is 0. The molecule has 16 heavy (non-hydrogen) atoms. The summed E-state index contributed by atoms with van der Waals surface area (Å²) in [4.78, 5) is 4.11. The smallest absolute Gasteiger partial charge is 0.129 e. The number of nitrogens with zero attached hydrogens (tertiary/aromatic N) is 1. The second kappa shape index (κ2) is 5.89. The molecule has 1 aromatic heterocycles. The predicted octanol–water partition coefficient (Wildman–Crippen LogP) is 3.28. The van der Waals surface area contributed by atoms with E-state index in [0.29, 0.717) is 17.2 Å². The lowest BCUT2D eigenvalue weighted by atomic mass is 10.1. The van der Waals surface area contributed by atoms with E-state index in [4.69, 9.17) is 11.6 Å². The molecule has 0 saturated carbocycles. The number of halogens is 1. The zero-order valence-electron chi connectivity index (χ0n) is 9.45. The van der Waals surface area contributed by atoms with Crippen LogP contribution in [0.25, 0.3) is 0 Å². The summed E-state index contributed by atoms with van der Waals surface area (Å²) in [5.41, 5.74) is 1.21. The lowest BCUT2D eigenvalue weighted by Crippen LogP contribution is -2.35. The van der Waals surface area contributed by atoms with Gasteiger partial charge in [0, 0.05) is 24.0 Å². The third-order valence-corrected chi connectivity index (χ3v) is 4.34. The van der Waals surface area contributed by atoms with Gasteiger partial charge in [-0.15, -0.1) is 0 Å². The first kappa shape index (κ1) is 12.2. The molecule has 2 atom stereocenters. The molecule has 4 heteroatoms. The van der Waals surface area contributed by atoms with E-state index in [9.17, 15) is 0 Å². The highest BCUT2D eigenvalue weighted by atomic mass is 35.5. The number of hydrogen-bond donors (Lipinski definition) is 1. The van der Waals surface area contributed by atoms with Crippen molar-refractivity contribution in [3.63, 3.8) is 0 Å². The Balaban J connectivity index is 1.91. The molecule has 1 aromatic rings. The van der Waals surface area contributed by atoms with Gasteiger partial charge < -0.3 is 5.32 Å². The van der Waals surface area contributed by atoms with E-state index >= 15 is 0 Å². The van der Waals surface area contributed by atoms with Crippen molar-refractivity contribution in [2.45, 2.75) is 31.8 Å². The van der Waals surface area contributed by atoms with Gasteiger partial charge in [0.05, 0.1) is 0 Å². The molecule has 2 heterocycles. The van der Waals surface area contributed by atoms with E-state index < -0.39 is 0 Å². The van der Waals surface area contributed by atoms with Crippen LogP contribution >= 0.6 is 23.4 Å². The van der Waals surface area contributed by atoms with Crippen LogP contribution in [0.3, 0.4) is 0 Å². The highest BCUT2D eigenvalue weighted by Crippen LogP contribution is 2.20. The topological polar surface area (TPSA) is 24.9 Å². The first-order chi connectivity index (χ1) is 7.75. The number of nitrogens with one attached hydrogen (secondary N) is 1. The Morgan fingerprint density at radius 2 is 2.44 bits per heavy atom. The Labute approximate surface area is 106 Å². The monoisotopic (exact) mass is 256 g/mol. The summed E-state index contributed by atoms with van der Waals surface area (Å²) in [6.07, 6.45) is 4.47. The van der Waals surface area contributed by atoms with Gasteiger partial charge >= 0.3 is 0 Å². The van der Waals surface area contributed by atoms with Crippen LogP contribution in [0, 0.1) is 0 Å². The molecule has 2 unspecified atom stereocenters. The predicted molar refractivity (Wildman–Crippen MR) is 71.1 cm³/mol. The van der Waals surface area contributed by atoms with E-state index in [1.807, 2.05) is 30.1 Å². The van der Waals surface area contributed by atoms with Gasteiger partial charge in [-0.25, -0.2) is 4.98 Å². The highest BCUT2D eigenvalue weighted by Gasteiger charge is 2.16. The lowest BCUT2D eigenvalue weighted by Gasteiger charge is -2.26. The molecule has 2 rings (SSSR count). The third kappa shape index (κ3) is 3.37. The SMILES string of the molecule is CC(NC1CCCSC1)c1ccc(Cl)nc1. The molecule has 1 fully saturated rings. The molecule has 2 nitrogen and oxygen atoms in total. The molecule has 0 amide bonds. The van der Waals surface area contributed by atoms with E-state index in [-0.39, 0.29) is 0 Å². The highest BCUT2D eigenvalue weighted by molar-refractivity contribution is 7.99. The number of hydrogen-bond acceptors (Lipinski definition) is 3. The molecule has 88 valence electrons. The second-order valence-electron chi connectivity index (χ2n) is 4.22. The van der Waals surface area contributed by atoms with Crippen LogP contribution in [0.2, 0.25) is 5.15 Å². The van der Waals surface area contributed by atoms with Crippen molar-refractivity contribution in [3.05, 3.63) is 29.0 Å². The maximum Gasteiger partial charge on any atom is 0.129 e. The van der Waals surface area contributed by atoms with Crippen molar-refractivity contribution in [1.82, 2.24) is 10.3 Å². The Hall–Kier alpha value is -0.250. The minimum absolute atomic E-state index is 0.355. The lowest BCUT2D eigenvalue weighted by molar-refractivity contribution is 0.452. The summed E-state index contributed by atoms with van der Waals surface area (Å²) >= 11 is 7.82. The van der Waals surface area contributed by atoms with Crippen molar-refractivity contribution >= 4 is 23.4 Å². The van der Waals surface area contributed by atoms with Crippen LogP contribution in [0.4, 0.5) is 0 Å². The fraction of sp³-hybridized carbons (Fsp3) is 0.583. The fourth-order valence-corrected chi connectivity index (χ4v) is 3.16. The number of rotatable bonds is 3. The van der Waals surface area contributed by atoms with Gasteiger partial charge in [-0.05, 0) is 37.1 Å². The van der Waals surface area contributed by atoms with E-state index in [0.717, 1.165) is 0 Å². The minimum atomic E-state index is 0.355. The van der Waals surface area contributed by atoms with Crippen molar-refractivity contribution < 1.29 is 0 Å². The molecule has 1 saturated heterocycles. The standard InChI is InChI=1S/C12H17ClN2S/c1-9(10-4-5-12(13)14-7-10)15-11-3-2-6-16-8-11/h4-5,7,9,11,15H,2-3,6,8H2,1H3. The number of aromatic nitrogens is 1. The zero-order chi connectivity index (χ0) is 11.4. The largest absolute Gasteiger partial charge is 0.307 e. The molecule has 0 aliphatic carbocycles. The summed E-state index contributed by atoms with van der Waals surface area (Å²) in [5, 5.41) is 4.21. The van der Waals surface area contributed by atoms with Gasteiger partial charge in [-0.2, -0.15) is 11.8 Å². The van der Waals surface area contributed by atoms with Crippen molar-refractivity contribution in [2.24, 2.45) is 0 Å². The summed E-state index contributed by atoms with van der Waals surface area (Å²) in [7, 11) is 0. The Morgan fingerprint density at radius 1 is 1.56 bits per heavy atom. The normalized spacial score (nSPS) is 23.0. The van der Waals surface area contributed by atoms with Gasteiger partial charge in [-0.1, -0.05) is 17.7 Å². The maximum atomic E-state index is 5.77. The fourth-order valence-electron chi connectivity index (χ4n) is 1.97. The van der Waals surface area contributed by atoms with Gasteiger partial charge in [0.25, 0.3) is 0 Å². The Kier molecular flexibility index (Phi) is 4.50. The maximum absolute atomic E-state index is 5.77. The molecule has 0 bridgehead atoms. The Morgan fingerprint density at radius 3 is 3.06 bits per heavy atom. The van der Waals surface area contributed by atoms with Crippen molar-refractivity contribution in [1.29, 1.82) is 0 Å². The molecule has 1 aliphatic heterocycles. The first-order valence-electron chi connectivity index (χ1n) is 5.71. The molecule has 0 spiro atoms. The molecular weight excluding hydrogens is 240 g/mol. The van der Waals surface area contributed by atoms with Crippen molar-refractivity contribution in [3.8, 4) is 0 Å². The molecule has 0 radical (unpaired) electrons. The number of thioether (sulfide) groups is 1. The van der Waals surface area contributed by atoms with E-state index in [1.54, 1.807) is 0 Å². The zero-order valence-corrected chi connectivity index (χ0v) is 11.0. The van der Waals surface area contributed by atoms with Crippen LogP contribution in [0.1, 0.15) is 31.4 Å². The Bertz CT molecular complexity index is 322. The van der Waals surface area contributed by atoms with E-state index in [2.05, 4.69) is 17.2 Å². The van der Waals surface area contributed by atoms with Gasteiger partial charge in [0.15, 0.2) is 0 Å². The summed E-state index contributed by atoms with van der Waals surface area (Å²) in [6.45, 7) is 2.18. The number of pyridine rings is 1. The van der Waals surface area contributed by atoms with Gasteiger partial charge in [0.2, 0.25) is 0 Å². The average molecular weight is 257 g/mol. The van der Waals surface area contributed by atoms with Crippen LogP contribution < -0.4 is 5.32 Å². The van der Waals surface area contributed by atoms with E-state index in [1.165, 1.54) is 29.9 Å². The summed E-state index contributed by atoms with van der Waals surface area (Å²) in [5.74, 6) is 2.54. The van der Waals surface area contributed by atoms with Gasteiger partial charge in [0.1, 0.15) is 5.15 Å². The molecule has 1 N–H and O–H groups in total. The third-order valence-electron chi connectivity index (χ3n) is 2.90. The van der Waals surface area contributed by atoms with Crippen LogP contribution in [0.15, 0.2) is 18.3 Å². The van der Waals surface area contributed by atoms with Crippen LogP contribution in [0.5, 0.6) is 0 Å². The average Bonchev–Trinajstić information content (AvgIpc) is 2.31. The van der Waals surface area contributed by atoms with Crippen LogP contribution in [-0.2, 0) is 0 Å². The summed E-state index contributed by atoms with van der Waals surface area (Å²) in [6, 6.07) is 4.89. The minimum Gasteiger partial charge on any atom is -0.307 e. The second-order valence-corrected chi connectivity index (χ2v) is 5.75. The quantitative estimate of drug-likeness (QED) is 0.841. The molecule has 0 aromatic carbocycles.